The molecule has 0 aliphatic rings. The second-order valence-electron chi connectivity index (χ2n) is 0. The van der Waals surface area contributed by atoms with Gasteiger partial charge in [-0.2, -0.15) is 0 Å². The van der Waals surface area contributed by atoms with Gasteiger partial charge in [0.15, 0.2) is 0 Å². The van der Waals surface area contributed by atoms with Gasteiger partial charge in [-0.15, -0.1) is 0 Å². The van der Waals surface area contributed by atoms with Crippen LogP contribution >= 0.6 is 0 Å². The molecule has 0 aliphatic carbocycles. The molecule has 0 amide bonds. The van der Waals surface area contributed by atoms with Crippen LogP contribution in [0.2, 0.25) is 0 Å². The molecule has 0 aromatic rings. The molecule has 57 valence electrons. The van der Waals surface area contributed by atoms with Gasteiger partial charge in [-0.05, 0) is 0 Å². The van der Waals surface area contributed by atoms with Crippen molar-refractivity contribution in [1.29, 1.82) is 0 Å². The Balaban J connectivity index is 0. The molecule has 0 bridgehead atoms. The van der Waals surface area contributed by atoms with Gasteiger partial charge in [-0.1, -0.05) is 0 Å². The Hall–Kier alpha value is 5.53. The predicted octanol–water partition coefficient (Wildman–Crippen LogP) is -24.0. The Morgan fingerprint density at radius 1 is 0.333 bits per heavy atom. The molecular formula is Br6IrNa2-4. The minimum atomic E-state index is 0. The van der Waals surface area contributed by atoms with E-state index >= 15 is 0 Å². The molecule has 0 aromatic carbocycles. The maximum Gasteiger partial charge on any atom is 1.00 e. The molecule has 0 spiro atoms. The third kappa shape index (κ3) is 58.8. The monoisotopic (exact) mass is 712 g/mol. The summed E-state index contributed by atoms with van der Waals surface area (Å²) in [4.78, 5) is 0. The van der Waals surface area contributed by atoms with Crippen molar-refractivity contribution in [2.75, 3.05) is 0 Å². The number of hydrogen-bond acceptors (Lipinski definition) is 0. The van der Waals surface area contributed by atoms with E-state index in [1.165, 1.54) is 0 Å². The van der Waals surface area contributed by atoms with E-state index in [-0.39, 0.29) is 181 Å². The minimum Gasteiger partial charge on any atom is -1.00 e. The minimum absolute atomic E-state index is 0. The number of rotatable bonds is 0. The molecule has 0 rings (SSSR count). The van der Waals surface area contributed by atoms with Crippen molar-refractivity contribution >= 4 is 0 Å². The van der Waals surface area contributed by atoms with Crippen molar-refractivity contribution in [3.63, 3.8) is 0 Å². The van der Waals surface area contributed by atoms with Gasteiger partial charge in [-0.25, -0.2) is 0 Å². The van der Waals surface area contributed by atoms with E-state index in [0.29, 0.717) is 0 Å². The summed E-state index contributed by atoms with van der Waals surface area (Å²) in [5, 5.41) is 0. The molecule has 9 heavy (non-hydrogen) atoms. The molecule has 0 atom stereocenters. The molecule has 0 nitrogen and oxygen atoms in total. The fraction of sp³-hybridized carbons (Fsp3) is 0. The van der Waals surface area contributed by atoms with Gasteiger partial charge in [0, 0.05) is 20.1 Å². The molecule has 0 unspecified atom stereocenters. The molecule has 0 aliphatic heterocycles. The summed E-state index contributed by atoms with van der Waals surface area (Å²) in [5.74, 6) is 0. The second kappa shape index (κ2) is 69.5. The first kappa shape index (κ1) is 87.0. The summed E-state index contributed by atoms with van der Waals surface area (Å²) < 4.78 is 0. The zero-order valence-corrected chi connectivity index (χ0v) is 20.5. The molecular weight excluding hydrogens is 718 g/mol. The molecule has 0 saturated heterocycles. The second-order valence-corrected chi connectivity index (χ2v) is 0. The van der Waals surface area contributed by atoms with Crippen LogP contribution in [-0.4, -0.2) is 0 Å². The quantitative estimate of drug-likeness (QED) is 0.219. The molecule has 0 heterocycles. The van der Waals surface area contributed by atoms with Crippen LogP contribution in [0, 0.1) is 0 Å². The molecule has 9 heteroatoms. The van der Waals surface area contributed by atoms with Crippen LogP contribution in [-0.2, 0) is 20.1 Å². The third-order valence-corrected chi connectivity index (χ3v) is 0. The van der Waals surface area contributed by atoms with E-state index in [1.54, 1.807) is 0 Å². The Labute approximate surface area is 177 Å². The van der Waals surface area contributed by atoms with Crippen molar-refractivity contribution in [1.82, 2.24) is 0 Å². The Morgan fingerprint density at radius 2 is 0.333 bits per heavy atom. The van der Waals surface area contributed by atoms with Crippen molar-refractivity contribution in [3.05, 3.63) is 0 Å². The van der Waals surface area contributed by atoms with Gasteiger partial charge in [-0.3, -0.25) is 0 Å². The topological polar surface area (TPSA) is 0 Å². The first-order valence-electron chi connectivity index (χ1n) is 0. The van der Waals surface area contributed by atoms with Crippen molar-refractivity contribution in [2.45, 2.75) is 0 Å². The zero-order valence-electron chi connectivity index (χ0n) is 4.60. The smallest absolute Gasteiger partial charge is 1.00 e. The van der Waals surface area contributed by atoms with E-state index in [4.69, 9.17) is 0 Å². The third-order valence-electron chi connectivity index (χ3n) is 0. The Bertz CT molecular complexity index is 11.0. The summed E-state index contributed by atoms with van der Waals surface area (Å²) >= 11 is 0. The van der Waals surface area contributed by atoms with Gasteiger partial charge in [0.05, 0.1) is 0 Å². The molecule has 0 N–H and O–H groups in total. The van der Waals surface area contributed by atoms with Gasteiger partial charge >= 0.3 is 59.1 Å². The van der Waals surface area contributed by atoms with Gasteiger partial charge in [0.25, 0.3) is 0 Å². The fourth-order valence-electron chi connectivity index (χ4n) is 0. The maximum absolute atomic E-state index is 0. The van der Waals surface area contributed by atoms with Crippen molar-refractivity contribution in [3.8, 4) is 0 Å². The van der Waals surface area contributed by atoms with Crippen LogP contribution in [0.1, 0.15) is 0 Å². The summed E-state index contributed by atoms with van der Waals surface area (Å²) in [6, 6.07) is 0. The normalized spacial score (nSPS) is 0. The summed E-state index contributed by atoms with van der Waals surface area (Å²) in [5.41, 5.74) is 0. The SMILES string of the molecule is [Br-].[Br-].[Br-].[Br-].[Br-].[Br-].[Ir].[Na+].[Na+]. The van der Waals surface area contributed by atoms with Gasteiger partial charge in [0.1, 0.15) is 0 Å². The van der Waals surface area contributed by atoms with E-state index in [1.807, 2.05) is 0 Å². The van der Waals surface area contributed by atoms with E-state index in [0.717, 1.165) is 0 Å². The largest absolute Gasteiger partial charge is 1.00 e. The van der Waals surface area contributed by atoms with Gasteiger partial charge in [0.2, 0.25) is 0 Å². The number of halogens is 6. The van der Waals surface area contributed by atoms with E-state index in [9.17, 15) is 0 Å². The zero-order chi connectivity index (χ0) is 0. The van der Waals surface area contributed by atoms with Crippen LogP contribution in [0.15, 0.2) is 0 Å². The van der Waals surface area contributed by atoms with E-state index < -0.39 is 0 Å². The van der Waals surface area contributed by atoms with Crippen LogP contribution in [0.25, 0.3) is 0 Å². The van der Waals surface area contributed by atoms with Gasteiger partial charge < -0.3 is 102 Å². The van der Waals surface area contributed by atoms with Crippen LogP contribution in [0.3, 0.4) is 0 Å². The summed E-state index contributed by atoms with van der Waals surface area (Å²) in [6.07, 6.45) is 0. The fourth-order valence-corrected chi connectivity index (χ4v) is 0. The Morgan fingerprint density at radius 3 is 0.333 bits per heavy atom. The van der Waals surface area contributed by atoms with Crippen molar-refractivity contribution < 1.29 is 181 Å². The maximum atomic E-state index is 0. The van der Waals surface area contributed by atoms with Crippen LogP contribution < -0.4 is 161 Å². The average Bonchev–Trinajstić information content (AvgIpc) is 0. The molecule has 0 saturated carbocycles. The van der Waals surface area contributed by atoms with E-state index in [2.05, 4.69) is 0 Å². The first-order valence-corrected chi connectivity index (χ1v) is 0. The summed E-state index contributed by atoms with van der Waals surface area (Å²) in [6.45, 7) is 0. The van der Waals surface area contributed by atoms with Crippen molar-refractivity contribution in [2.24, 2.45) is 0 Å². The van der Waals surface area contributed by atoms with Crippen LogP contribution in [0.5, 0.6) is 0 Å². The predicted molar refractivity (Wildman–Crippen MR) is 0 cm³/mol. The first-order chi connectivity index (χ1) is 0. The standard InChI is InChI=1S/6BrH.Ir.2Na/h6*1H;;;/q;;;;;;;2*+1/p-6. The van der Waals surface area contributed by atoms with Crippen LogP contribution in [0.4, 0.5) is 0 Å². The molecule has 1 radical (unpaired) electrons. The molecule has 0 aromatic heterocycles. The Kier molecular flexibility index (Phi) is 671. The summed E-state index contributed by atoms with van der Waals surface area (Å²) in [7, 11) is 0. The average molecular weight is 718 g/mol. The number of hydrogen-bond donors (Lipinski definition) is 0. The molecule has 0 fully saturated rings.